The maximum Gasteiger partial charge on any atom is 0.307 e. The molecule has 0 amide bonds. The highest BCUT2D eigenvalue weighted by Crippen LogP contribution is 2.30. The van der Waals surface area contributed by atoms with E-state index in [2.05, 4.69) is 24.0 Å². The Hall–Kier alpha value is -1.32. The van der Waals surface area contributed by atoms with Crippen molar-refractivity contribution in [2.75, 3.05) is 0 Å². The molecule has 14 heavy (non-hydrogen) atoms. The molecule has 0 aromatic carbocycles. The molecule has 1 aliphatic carbocycles. The number of hydrogen-bond donors (Lipinski definition) is 2. The minimum absolute atomic E-state index is 0.253. The maximum atomic E-state index is 10.8. The summed E-state index contributed by atoms with van der Waals surface area (Å²) in [7, 11) is 0. The minimum atomic E-state index is -0.704. The third kappa shape index (κ3) is 1.31. The van der Waals surface area contributed by atoms with E-state index in [-0.39, 0.29) is 5.92 Å². The van der Waals surface area contributed by atoms with Crippen molar-refractivity contribution in [3.63, 3.8) is 0 Å². The van der Waals surface area contributed by atoms with E-state index in [9.17, 15) is 4.79 Å². The van der Waals surface area contributed by atoms with E-state index < -0.39 is 5.97 Å². The van der Waals surface area contributed by atoms with Gasteiger partial charge in [0.05, 0.1) is 11.6 Å². The van der Waals surface area contributed by atoms with Crippen LogP contribution >= 0.6 is 0 Å². The number of aliphatic carboxylic acids is 1. The molecule has 2 rings (SSSR count). The van der Waals surface area contributed by atoms with Gasteiger partial charge in [-0.25, -0.2) is 0 Å². The van der Waals surface area contributed by atoms with Gasteiger partial charge in [-0.1, -0.05) is 13.8 Å². The molecule has 4 heteroatoms. The molecule has 1 aromatic heterocycles. The molecule has 0 saturated carbocycles. The number of nitrogens with zero attached hydrogens (tertiary/aromatic N) is 1. The van der Waals surface area contributed by atoms with Crippen LogP contribution in [0.3, 0.4) is 0 Å². The summed E-state index contributed by atoms with van der Waals surface area (Å²) in [6.45, 7) is 4.15. The Morgan fingerprint density at radius 2 is 2.29 bits per heavy atom. The number of carboxylic acid groups (broad SMARTS) is 1. The fourth-order valence-corrected chi connectivity index (χ4v) is 2.03. The second-order valence-corrected chi connectivity index (χ2v) is 4.16. The van der Waals surface area contributed by atoms with Crippen LogP contribution in [0.2, 0.25) is 0 Å². The number of aromatic amines is 1. The van der Waals surface area contributed by atoms with Crippen LogP contribution in [0.25, 0.3) is 0 Å². The molecule has 0 radical (unpaired) electrons. The Morgan fingerprint density at radius 1 is 1.57 bits per heavy atom. The first-order valence-electron chi connectivity index (χ1n) is 4.88. The maximum absolute atomic E-state index is 10.8. The number of aromatic nitrogens is 2. The third-order valence-corrected chi connectivity index (χ3v) is 2.78. The van der Waals surface area contributed by atoms with Crippen LogP contribution in [-0.4, -0.2) is 21.3 Å². The van der Waals surface area contributed by atoms with Gasteiger partial charge in [-0.3, -0.25) is 9.89 Å². The second-order valence-electron chi connectivity index (χ2n) is 4.16. The quantitative estimate of drug-likeness (QED) is 0.746. The van der Waals surface area contributed by atoms with Crippen LogP contribution in [0, 0.1) is 5.92 Å². The van der Waals surface area contributed by atoms with Gasteiger partial charge in [-0.15, -0.1) is 0 Å². The van der Waals surface area contributed by atoms with Crippen LogP contribution in [0.1, 0.15) is 36.7 Å². The fourth-order valence-electron chi connectivity index (χ4n) is 2.03. The van der Waals surface area contributed by atoms with E-state index >= 15 is 0 Å². The van der Waals surface area contributed by atoms with E-state index in [1.54, 1.807) is 0 Å². The van der Waals surface area contributed by atoms with Gasteiger partial charge in [0, 0.05) is 12.1 Å². The monoisotopic (exact) mass is 194 g/mol. The SMILES string of the molecule is CC(C)c1n[nH]c2c1CC(C(=O)O)C2. The van der Waals surface area contributed by atoms with Gasteiger partial charge in [-0.05, 0) is 17.9 Å². The van der Waals surface area contributed by atoms with Crippen LogP contribution in [0.5, 0.6) is 0 Å². The average molecular weight is 194 g/mol. The zero-order chi connectivity index (χ0) is 10.3. The van der Waals surface area contributed by atoms with Crippen molar-refractivity contribution >= 4 is 5.97 Å². The number of carboxylic acids is 1. The first-order valence-corrected chi connectivity index (χ1v) is 4.88. The lowest BCUT2D eigenvalue weighted by molar-refractivity contribution is -0.141. The first kappa shape index (κ1) is 9.24. The topological polar surface area (TPSA) is 66.0 Å². The summed E-state index contributed by atoms with van der Waals surface area (Å²) < 4.78 is 0. The Morgan fingerprint density at radius 3 is 2.86 bits per heavy atom. The Labute approximate surface area is 82.3 Å². The van der Waals surface area contributed by atoms with Crippen LogP contribution in [0.15, 0.2) is 0 Å². The van der Waals surface area contributed by atoms with Gasteiger partial charge in [0.15, 0.2) is 0 Å². The molecular formula is C10H14N2O2. The summed E-state index contributed by atoms with van der Waals surface area (Å²) in [5, 5.41) is 16.1. The zero-order valence-electron chi connectivity index (χ0n) is 8.37. The largest absolute Gasteiger partial charge is 0.481 e. The molecule has 4 nitrogen and oxygen atoms in total. The summed E-state index contributed by atoms with van der Waals surface area (Å²) in [5.41, 5.74) is 3.18. The molecule has 0 bridgehead atoms. The van der Waals surface area contributed by atoms with Gasteiger partial charge >= 0.3 is 5.97 Å². The predicted octanol–water partition coefficient (Wildman–Crippen LogP) is 1.33. The Kier molecular flexibility index (Phi) is 2.06. The van der Waals surface area contributed by atoms with Gasteiger partial charge in [0.25, 0.3) is 0 Å². The highest BCUT2D eigenvalue weighted by atomic mass is 16.4. The van der Waals surface area contributed by atoms with Crippen molar-refractivity contribution in [3.05, 3.63) is 17.0 Å². The second kappa shape index (κ2) is 3.12. The summed E-state index contributed by atoms with van der Waals surface area (Å²) in [4.78, 5) is 10.8. The summed E-state index contributed by atoms with van der Waals surface area (Å²) in [5.74, 6) is -0.594. The molecule has 1 aromatic rings. The average Bonchev–Trinajstić information content (AvgIpc) is 2.58. The predicted molar refractivity (Wildman–Crippen MR) is 51.2 cm³/mol. The molecule has 76 valence electrons. The van der Waals surface area contributed by atoms with Gasteiger partial charge in [-0.2, -0.15) is 5.10 Å². The molecule has 0 spiro atoms. The lowest BCUT2D eigenvalue weighted by atomic mass is 10.0. The highest BCUT2D eigenvalue weighted by Gasteiger charge is 2.31. The number of carbonyl (C=O) groups is 1. The number of hydrogen-bond acceptors (Lipinski definition) is 2. The van der Waals surface area contributed by atoms with E-state index in [0.717, 1.165) is 17.0 Å². The molecule has 1 heterocycles. The minimum Gasteiger partial charge on any atom is -0.481 e. The summed E-state index contributed by atoms with van der Waals surface area (Å²) in [6.07, 6.45) is 1.24. The third-order valence-electron chi connectivity index (χ3n) is 2.78. The Bertz CT molecular complexity index is 368. The van der Waals surface area contributed by atoms with E-state index in [0.29, 0.717) is 18.8 Å². The van der Waals surface area contributed by atoms with Crippen molar-refractivity contribution in [2.45, 2.75) is 32.6 Å². The normalized spacial score (nSPS) is 20.1. The van der Waals surface area contributed by atoms with Gasteiger partial charge in [0.2, 0.25) is 0 Å². The number of fused-ring (bicyclic) bond motifs is 1. The van der Waals surface area contributed by atoms with Crippen LogP contribution < -0.4 is 0 Å². The highest BCUT2D eigenvalue weighted by molar-refractivity contribution is 5.72. The zero-order valence-corrected chi connectivity index (χ0v) is 8.37. The molecule has 1 unspecified atom stereocenters. The van der Waals surface area contributed by atoms with Crippen LogP contribution in [-0.2, 0) is 17.6 Å². The molecule has 2 N–H and O–H groups in total. The van der Waals surface area contributed by atoms with Crippen molar-refractivity contribution in [3.8, 4) is 0 Å². The molecule has 0 fully saturated rings. The molecule has 1 atom stereocenters. The van der Waals surface area contributed by atoms with Crippen molar-refractivity contribution in [1.29, 1.82) is 0 Å². The molecular weight excluding hydrogens is 180 g/mol. The van der Waals surface area contributed by atoms with Crippen molar-refractivity contribution < 1.29 is 9.90 Å². The molecule has 1 aliphatic rings. The summed E-state index contributed by atoms with van der Waals surface area (Å²) in [6, 6.07) is 0. The Balaban J connectivity index is 2.28. The fraction of sp³-hybridized carbons (Fsp3) is 0.600. The van der Waals surface area contributed by atoms with Crippen molar-refractivity contribution in [2.24, 2.45) is 5.92 Å². The molecule has 0 saturated heterocycles. The number of H-pyrrole nitrogens is 1. The lowest BCUT2D eigenvalue weighted by Gasteiger charge is -2.04. The number of nitrogens with one attached hydrogen (secondary N) is 1. The lowest BCUT2D eigenvalue weighted by Crippen LogP contribution is -2.14. The van der Waals surface area contributed by atoms with Gasteiger partial charge in [0.1, 0.15) is 0 Å². The smallest absolute Gasteiger partial charge is 0.307 e. The summed E-state index contributed by atoms with van der Waals surface area (Å²) >= 11 is 0. The molecule has 0 aliphatic heterocycles. The van der Waals surface area contributed by atoms with Gasteiger partial charge < -0.3 is 5.11 Å². The van der Waals surface area contributed by atoms with E-state index in [1.165, 1.54) is 0 Å². The number of rotatable bonds is 2. The van der Waals surface area contributed by atoms with E-state index in [4.69, 9.17) is 5.11 Å². The standard InChI is InChI=1S/C10H14N2O2/c1-5(2)9-7-3-6(10(13)14)4-8(7)11-12-9/h5-6H,3-4H2,1-2H3,(H,11,12)(H,13,14). The van der Waals surface area contributed by atoms with E-state index in [1.807, 2.05) is 0 Å². The van der Waals surface area contributed by atoms with Crippen LogP contribution in [0.4, 0.5) is 0 Å². The van der Waals surface area contributed by atoms with Crippen molar-refractivity contribution in [1.82, 2.24) is 10.2 Å². The first-order chi connectivity index (χ1) is 6.59.